The first-order valence-electron chi connectivity index (χ1n) is 6.27. The van der Waals surface area contributed by atoms with Gasteiger partial charge in [0.2, 0.25) is 0 Å². The Labute approximate surface area is 104 Å². The van der Waals surface area contributed by atoms with Crippen LogP contribution in [-0.4, -0.2) is 22.1 Å². The number of aryl methyl sites for hydroxylation is 1. The molecule has 0 saturated heterocycles. The first-order chi connectivity index (χ1) is 7.87. The molecule has 0 atom stereocenters. The van der Waals surface area contributed by atoms with E-state index in [2.05, 4.69) is 55.2 Å². The van der Waals surface area contributed by atoms with Crippen LogP contribution in [0.5, 0.6) is 0 Å². The van der Waals surface area contributed by atoms with Gasteiger partial charge in [-0.3, -0.25) is 0 Å². The second-order valence-corrected chi connectivity index (χ2v) is 5.22. The fourth-order valence-electron chi connectivity index (χ4n) is 1.54. The second kappa shape index (κ2) is 5.34. The molecule has 2 N–H and O–H groups in total. The molecule has 1 heterocycles. The number of hydrogen-bond acceptors (Lipinski definition) is 4. The average Bonchev–Trinajstić information content (AvgIpc) is 2.22. The lowest BCUT2D eigenvalue weighted by molar-refractivity contribution is 0.628. The van der Waals surface area contributed by atoms with E-state index < -0.39 is 0 Å². The lowest BCUT2D eigenvalue weighted by atomic mass is 10.1. The number of nitrogens with zero attached hydrogens (tertiary/aromatic N) is 2. The Hall–Kier alpha value is -1.32. The van der Waals surface area contributed by atoms with Crippen molar-refractivity contribution in [3.8, 4) is 0 Å². The molecular weight excluding hydrogens is 212 g/mol. The van der Waals surface area contributed by atoms with Crippen LogP contribution in [0, 0.1) is 6.92 Å². The van der Waals surface area contributed by atoms with Gasteiger partial charge in [-0.05, 0) is 34.6 Å². The van der Waals surface area contributed by atoms with Crippen molar-refractivity contribution in [3.05, 3.63) is 11.4 Å². The minimum Gasteiger partial charge on any atom is -0.370 e. The standard InChI is InChI=1S/C13H24N4/c1-7-10-15-11(14-8-2)9(3)12(16-10)17-13(4,5)6/h7-8H2,1-6H3,(H2,14,15,16,17). The van der Waals surface area contributed by atoms with Gasteiger partial charge in [0.05, 0.1) is 0 Å². The van der Waals surface area contributed by atoms with Crippen LogP contribution in [0.4, 0.5) is 11.6 Å². The molecule has 0 fully saturated rings. The maximum atomic E-state index is 4.56. The van der Waals surface area contributed by atoms with E-state index in [1.165, 1.54) is 0 Å². The van der Waals surface area contributed by atoms with Crippen LogP contribution < -0.4 is 10.6 Å². The fraction of sp³-hybridized carbons (Fsp3) is 0.692. The normalized spacial score (nSPS) is 11.4. The molecular formula is C13H24N4. The van der Waals surface area contributed by atoms with Crippen molar-refractivity contribution < 1.29 is 0 Å². The van der Waals surface area contributed by atoms with E-state index in [4.69, 9.17) is 0 Å². The third kappa shape index (κ3) is 3.88. The van der Waals surface area contributed by atoms with Gasteiger partial charge in [0.1, 0.15) is 17.5 Å². The minimum atomic E-state index is 0.00755. The molecule has 4 nitrogen and oxygen atoms in total. The van der Waals surface area contributed by atoms with Gasteiger partial charge in [0.25, 0.3) is 0 Å². The summed E-state index contributed by atoms with van der Waals surface area (Å²) < 4.78 is 0. The molecule has 0 unspecified atom stereocenters. The van der Waals surface area contributed by atoms with Crippen molar-refractivity contribution in [1.82, 2.24) is 9.97 Å². The molecule has 1 aromatic rings. The topological polar surface area (TPSA) is 49.8 Å². The lowest BCUT2D eigenvalue weighted by Gasteiger charge is -2.23. The van der Waals surface area contributed by atoms with E-state index >= 15 is 0 Å². The van der Waals surface area contributed by atoms with Crippen molar-refractivity contribution in [2.45, 2.75) is 53.5 Å². The van der Waals surface area contributed by atoms with Crippen molar-refractivity contribution in [2.24, 2.45) is 0 Å². The summed E-state index contributed by atoms with van der Waals surface area (Å²) in [5.74, 6) is 2.74. The van der Waals surface area contributed by atoms with Gasteiger partial charge in [-0.25, -0.2) is 9.97 Å². The SMILES string of the molecule is CCNc1nc(CC)nc(NC(C)(C)C)c1C. The van der Waals surface area contributed by atoms with Gasteiger partial charge in [0.15, 0.2) is 0 Å². The molecule has 0 aliphatic carbocycles. The van der Waals surface area contributed by atoms with Gasteiger partial charge in [0, 0.05) is 24.1 Å². The summed E-state index contributed by atoms with van der Waals surface area (Å²) in [5.41, 5.74) is 1.09. The Morgan fingerprint density at radius 1 is 1.06 bits per heavy atom. The fourth-order valence-corrected chi connectivity index (χ4v) is 1.54. The van der Waals surface area contributed by atoms with Crippen LogP contribution in [0.15, 0.2) is 0 Å². The quantitative estimate of drug-likeness (QED) is 0.843. The van der Waals surface area contributed by atoms with E-state index in [-0.39, 0.29) is 5.54 Å². The summed E-state index contributed by atoms with van der Waals surface area (Å²) in [6.45, 7) is 13.5. The molecule has 96 valence electrons. The zero-order valence-corrected chi connectivity index (χ0v) is 11.8. The molecule has 0 amide bonds. The van der Waals surface area contributed by atoms with Crippen LogP contribution in [0.2, 0.25) is 0 Å². The molecule has 0 aliphatic rings. The maximum Gasteiger partial charge on any atom is 0.135 e. The van der Waals surface area contributed by atoms with Crippen molar-refractivity contribution in [2.75, 3.05) is 17.2 Å². The summed E-state index contributed by atoms with van der Waals surface area (Å²) in [6, 6.07) is 0. The van der Waals surface area contributed by atoms with Crippen LogP contribution in [0.3, 0.4) is 0 Å². The Bertz CT molecular complexity index is 380. The number of hydrogen-bond donors (Lipinski definition) is 2. The van der Waals surface area contributed by atoms with Crippen molar-refractivity contribution in [1.29, 1.82) is 0 Å². The predicted octanol–water partition coefficient (Wildman–Crippen LogP) is 2.99. The van der Waals surface area contributed by atoms with Crippen LogP contribution in [0.1, 0.15) is 46.0 Å². The molecule has 0 radical (unpaired) electrons. The molecule has 0 spiro atoms. The minimum absolute atomic E-state index is 0.00755. The summed E-state index contributed by atoms with van der Waals surface area (Å²) in [6.07, 6.45) is 0.845. The van der Waals surface area contributed by atoms with E-state index in [1.54, 1.807) is 0 Å². The zero-order chi connectivity index (χ0) is 13.1. The number of aromatic nitrogens is 2. The van der Waals surface area contributed by atoms with Crippen LogP contribution in [0.25, 0.3) is 0 Å². The average molecular weight is 236 g/mol. The van der Waals surface area contributed by atoms with E-state index in [1.807, 2.05) is 6.92 Å². The van der Waals surface area contributed by atoms with Gasteiger partial charge in [-0.15, -0.1) is 0 Å². The molecule has 1 rings (SSSR count). The highest BCUT2D eigenvalue weighted by Crippen LogP contribution is 2.22. The third-order valence-electron chi connectivity index (χ3n) is 2.35. The van der Waals surface area contributed by atoms with Crippen LogP contribution >= 0.6 is 0 Å². The zero-order valence-electron chi connectivity index (χ0n) is 11.8. The summed E-state index contributed by atoms with van der Waals surface area (Å²) in [7, 11) is 0. The van der Waals surface area contributed by atoms with E-state index in [0.29, 0.717) is 0 Å². The summed E-state index contributed by atoms with van der Waals surface area (Å²) in [5, 5.41) is 6.72. The first-order valence-corrected chi connectivity index (χ1v) is 6.27. The molecule has 0 saturated carbocycles. The van der Waals surface area contributed by atoms with Crippen molar-refractivity contribution >= 4 is 11.6 Å². The first kappa shape index (κ1) is 13.7. The Balaban J connectivity index is 3.14. The Morgan fingerprint density at radius 2 is 1.65 bits per heavy atom. The maximum absolute atomic E-state index is 4.56. The molecule has 17 heavy (non-hydrogen) atoms. The lowest BCUT2D eigenvalue weighted by Crippen LogP contribution is -2.28. The van der Waals surface area contributed by atoms with Crippen LogP contribution in [-0.2, 0) is 6.42 Å². The van der Waals surface area contributed by atoms with Gasteiger partial charge < -0.3 is 10.6 Å². The van der Waals surface area contributed by atoms with Gasteiger partial charge in [-0.2, -0.15) is 0 Å². The number of anilines is 2. The molecule has 4 heteroatoms. The highest BCUT2D eigenvalue weighted by molar-refractivity contribution is 5.58. The highest BCUT2D eigenvalue weighted by atomic mass is 15.1. The predicted molar refractivity (Wildman–Crippen MR) is 73.7 cm³/mol. The molecule has 0 aliphatic heterocycles. The summed E-state index contributed by atoms with van der Waals surface area (Å²) in [4.78, 5) is 9.07. The van der Waals surface area contributed by atoms with Crippen molar-refractivity contribution in [3.63, 3.8) is 0 Å². The second-order valence-electron chi connectivity index (χ2n) is 5.22. The molecule has 0 aromatic carbocycles. The largest absolute Gasteiger partial charge is 0.370 e. The number of nitrogens with one attached hydrogen (secondary N) is 2. The Morgan fingerprint density at radius 3 is 2.12 bits per heavy atom. The van der Waals surface area contributed by atoms with Gasteiger partial charge >= 0.3 is 0 Å². The molecule has 1 aromatic heterocycles. The third-order valence-corrected chi connectivity index (χ3v) is 2.35. The highest BCUT2D eigenvalue weighted by Gasteiger charge is 2.15. The number of rotatable bonds is 4. The smallest absolute Gasteiger partial charge is 0.135 e. The molecule has 0 bridgehead atoms. The van der Waals surface area contributed by atoms with E-state index in [9.17, 15) is 0 Å². The monoisotopic (exact) mass is 236 g/mol. The van der Waals surface area contributed by atoms with E-state index in [0.717, 1.165) is 36.0 Å². The van der Waals surface area contributed by atoms with Gasteiger partial charge in [-0.1, -0.05) is 6.92 Å². The summed E-state index contributed by atoms with van der Waals surface area (Å²) >= 11 is 0. The Kier molecular flexibility index (Phi) is 4.32.